The number of hydrogen-bond donors (Lipinski definition) is 0. The van der Waals surface area contributed by atoms with Crippen molar-refractivity contribution >= 4 is 34.7 Å². The van der Waals surface area contributed by atoms with Crippen molar-refractivity contribution in [2.45, 2.75) is 19.4 Å². The molecular weight excluding hydrogens is 416 g/mol. The number of fused-ring (bicyclic) bond motifs is 2. The zero-order valence-corrected chi connectivity index (χ0v) is 17.7. The summed E-state index contributed by atoms with van der Waals surface area (Å²) in [6.07, 6.45) is 4.99. The molecule has 160 valence electrons. The van der Waals surface area contributed by atoms with Crippen molar-refractivity contribution in [3.63, 3.8) is 0 Å². The topological polar surface area (TPSA) is 76.2 Å². The largest absolute Gasteiger partial charge is 0.486 e. The molecule has 31 heavy (non-hydrogen) atoms. The molecule has 7 nitrogen and oxygen atoms in total. The molecule has 0 radical (unpaired) electrons. The number of nitrogens with zero attached hydrogens (tertiary/aromatic N) is 2. The molecule has 1 aromatic heterocycles. The lowest BCUT2D eigenvalue weighted by molar-refractivity contribution is -0.143. The molecule has 1 aliphatic carbocycles. The molecule has 1 fully saturated rings. The maximum absolute atomic E-state index is 13.4. The molecule has 2 aliphatic heterocycles. The first-order valence-corrected chi connectivity index (χ1v) is 11.2. The molecule has 2 atom stereocenters. The minimum atomic E-state index is -0.342. The average molecular weight is 439 g/mol. The number of carbonyl (C=O) groups excluding carboxylic acids is 3. The summed E-state index contributed by atoms with van der Waals surface area (Å²) in [7, 11) is 0. The third-order valence-electron chi connectivity index (χ3n) is 5.92. The van der Waals surface area contributed by atoms with E-state index in [0.717, 1.165) is 9.78 Å². The first-order chi connectivity index (χ1) is 15.1. The van der Waals surface area contributed by atoms with Gasteiger partial charge in [0, 0.05) is 16.6 Å². The molecule has 5 rings (SSSR count). The second kappa shape index (κ2) is 8.19. The quantitative estimate of drug-likeness (QED) is 0.530. The van der Waals surface area contributed by atoms with Crippen LogP contribution in [0.2, 0.25) is 0 Å². The van der Waals surface area contributed by atoms with Crippen molar-refractivity contribution < 1.29 is 23.9 Å². The molecule has 1 saturated heterocycles. The van der Waals surface area contributed by atoms with Crippen molar-refractivity contribution in [1.29, 1.82) is 0 Å². The Balaban J connectivity index is 1.41. The van der Waals surface area contributed by atoms with Crippen LogP contribution in [0.3, 0.4) is 0 Å². The van der Waals surface area contributed by atoms with Gasteiger partial charge in [-0.1, -0.05) is 18.2 Å². The normalized spacial score (nSPS) is 21.9. The van der Waals surface area contributed by atoms with Gasteiger partial charge in [0.05, 0.1) is 18.4 Å². The molecule has 0 N–H and O–H groups in total. The first kappa shape index (κ1) is 19.8. The number of hydrogen-bond acceptors (Lipinski definition) is 6. The fourth-order valence-corrected chi connectivity index (χ4v) is 5.02. The second-order valence-corrected chi connectivity index (χ2v) is 8.84. The van der Waals surface area contributed by atoms with Crippen LogP contribution in [0.15, 0.2) is 47.9 Å². The molecule has 8 heteroatoms. The summed E-state index contributed by atoms with van der Waals surface area (Å²) in [5.41, 5.74) is 0.640. The van der Waals surface area contributed by atoms with Gasteiger partial charge in [0.15, 0.2) is 11.5 Å². The molecule has 3 aliphatic rings. The van der Waals surface area contributed by atoms with Crippen LogP contribution < -0.4 is 14.4 Å². The first-order valence-electron chi connectivity index (χ1n) is 10.3. The Kier molecular flexibility index (Phi) is 5.23. The number of carbonyl (C=O) groups is 3. The highest BCUT2D eigenvalue weighted by molar-refractivity contribution is 7.09. The standard InChI is InChI=1S/C23H22N2O5S/c26-21(14-25-22(27)17-5-1-2-6-18(17)23(25)28)24(13-16-4-3-11-31-16)15-7-8-19-20(12-15)30-10-9-29-19/h1-4,7-8,11-12,17-18H,5-6,9-10,13-14H2/t17-,18-/m1/s1. The van der Waals surface area contributed by atoms with Gasteiger partial charge < -0.3 is 14.4 Å². The minimum absolute atomic E-state index is 0.244. The maximum Gasteiger partial charge on any atom is 0.247 e. The Morgan fingerprint density at radius 1 is 1.03 bits per heavy atom. The molecule has 2 aromatic rings. The SMILES string of the molecule is O=C1[C@@H]2CC=CC[C@H]2C(=O)N1CC(=O)N(Cc1cccs1)c1ccc2c(c1)OCCO2. The van der Waals surface area contributed by atoms with Gasteiger partial charge in [-0.15, -0.1) is 11.3 Å². The van der Waals surface area contributed by atoms with E-state index in [4.69, 9.17) is 9.47 Å². The van der Waals surface area contributed by atoms with E-state index < -0.39 is 0 Å². The van der Waals surface area contributed by atoms with Crippen LogP contribution in [-0.2, 0) is 20.9 Å². The van der Waals surface area contributed by atoms with Crippen molar-refractivity contribution in [3.8, 4) is 11.5 Å². The molecule has 0 bridgehead atoms. The zero-order chi connectivity index (χ0) is 21.4. The summed E-state index contributed by atoms with van der Waals surface area (Å²) in [5, 5.41) is 1.95. The Morgan fingerprint density at radius 2 is 1.74 bits per heavy atom. The summed E-state index contributed by atoms with van der Waals surface area (Å²) in [4.78, 5) is 42.8. The minimum Gasteiger partial charge on any atom is -0.486 e. The van der Waals surface area contributed by atoms with E-state index in [-0.39, 0.29) is 36.1 Å². The Morgan fingerprint density at radius 3 is 2.42 bits per heavy atom. The number of allylic oxidation sites excluding steroid dienone is 2. The summed E-state index contributed by atoms with van der Waals surface area (Å²) in [6.45, 7) is 1.02. The van der Waals surface area contributed by atoms with Gasteiger partial charge >= 0.3 is 0 Å². The number of thiophene rings is 1. The number of rotatable bonds is 5. The van der Waals surface area contributed by atoms with Crippen LogP contribution in [0.5, 0.6) is 11.5 Å². The zero-order valence-electron chi connectivity index (χ0n) is 16.9. The predicted molar refractivity (Wildman–Crippen MR) is 115 cm³/mol. The van der Waals surface area contributed by atoms with Gasteiger partial charge in [-0.2, -0.15) is 0 Å². The van der Waals surface area contributed by atoms with E-state index in [2.05, 4.69) is 0 Å². The molecule has 0 spiro atoms. The summed E-state index contributed by atoms with van der Waals surface area (Å²) < 4.78 is 11.3. The monoisotopic (exact) mass is 438 g/mol. The molecule has 3 amide bonds. The summed E-state index contributed by atoms with van der Waals surface area (Å²) in [6, 6.07) is 9.24. The number of amides is 3. The highest BCUT2D eigenvalue weighted by Gasteiger charge is 2.48. The number of ether oxygens (including phenoxy) is 2. The van der Waals surface area contributed by atoms with Crippen molar-refractivity contribution in [2.24, 2.45) is 11.8 Å². The van der Waals surface area contributed by atoms with E-state index in [1.807, 2.05) is 29.7 Å². The number of imide groups is 1. The number of anilines is 1. The summed E-state index contributed by atoms with van der Waals surface area (Å²) >= 11 is 1.55. The molecule has 0 saturated carbocycles. The fourth-order valence-electron chi connectivity index (χ4n) is 4.33. The van der Waals surface area contributed by atoms with E-state index in [1.54, 1.807) is 34.4 Å². The van der Waals surface area contributed by atoms with Crippen LogP contribution in [0.1, 0.15) is 17.7 Å². The van der Waals surface area contributed by atoms with Gasteiger partial charge in [-0.05, 0) is 36.4 Å². The van der Waals surface area contributed by atoms with E-state index in [9.17, 15) is 14.4 Å². The Labute approximate surface area is 183 Å². The van der Waals surface area contributed by atoms with Gasteiger partial charge in [0.25, 0.3) is 0 Å². The lowest BCUT2D eigenvalue weighted by Gasteiger charge is -2.26. The van der Waals surface area contributed by atoms with Crippen molar-refractivity contribution in [2.75, 3.05) is 24.7 Å². The highest BCUT2D eigenvalue weighted by Crippen LogP contribution is 2.37. The second-order valence-electron chi connectivity index (χ2n) is 7.81. The van der Waals surface area contributed by atoms with Crippen LogP contribution in [0.4, 0.5) is 5.69 Å². The van der Waals surface area contributed by atoms with E-state index in [1.165, 1.54) is 0 Å². The molecular formula is C23H22N2O5S. The maximum atomic E-state index is 13.4. The van der Waals surface area contributed by atoms with Gasteiger partial charge in [0.2, 0.25) is 17.7 Å². The molecule has 0 unspecified atom stereocenters. The smallest absolute Gasteiger partial charge is 0.247 e. The van der Waals surface area contributed by atoms with Crippen LogP contribution >= 0.6 is 11.3 Å². The summed E-state index contributed by atoms with van der Waals surface area (Å²) in [5.74, 6) is -0.260. The number of likely N-dealkylation sites (tertiary alicyclic amines) is 1. The third kappa shape index (κ3) is 3.72. The lowest BCUT2D eigenvalue weighted by atomic mass is 9.85. The highest BCUT2D eigenvalue weighted by atomic mass is 32.1. The van der Waals surface area contributed by atoms with E-state index in [0.29, 0.717) is 49.8 Å². The predicted octanol–water partition coefficient (Wildman–Crippen LogP) is 3.00. The lowest BCUT2D eigenvalue weighted by Crippen LogP contribution is -2.43. The molecule has 3 heterocycles. The van der Waals surface area contributed by atoms with Crippen LogP contribution in [0.25, 0.3) is 0 Å². The van der Waals surface area contributed by atoms with Crippen LogP contribution in [-0.4, -0.2) is 42.4 Å². The Bertz CT molecular complexity index is 1020. The van der Waals surface area contributed by atoms with Crippen molar-refractivity contribution in [3.05, 3.63) is 52.7 Å². The van der Waals surface area contributed by atoms with Gasteiger partial charge in [-0.3, -0.25) is 19.3 Å². The van der Waals surface area contributed by atoms with Crippen LogP contribution in [0, 0.1) is 11.8 Å². The van der Waals surface area contributed by atoms with Crippen molar-refractivity contribution in [1.82, 2.24) is 4.90 Å². The Hall–Kier alpha value is -3.13. The fraction of sp³-hybridized carbons (Fsp3) is 0.348. The average Bonchev–Trinajstić information content (AvgIpc) is 3.40. The van der Waals surface area contributed by atoms with Gasteiger partial charge in [0.1, 0.15) is 19.8 Å². The molecule has 1 aromatic carbocycles. The van der Waals surface area contributed by atoms with E-state index >= 15 is 0 Å². The number of benzene rings is 1. The third-order valence-corrected chi connectivity index (χ3v) is 6.79. The van der Waals surface area contributed by atoms with Gasteiger partial charge in [-0.25, -0.2) is 0 Å².